The zero-order chi connectivity index (χ0) is 16.1. The molecule has 1 aromatic heterocycles. The Kier molecular flexibility index (Phi) is 3.62. The van der Waals surface area contributed by atoms with E-state index in [0.29, 0.717) is 25.4 Å². The molecule has 2 saturated heterocycles. The third kappa shape index (κ3) is 2.55. The highest BCUT2D eigenvalue weighted by atomic mass is 32.2. The summed E-state index contributed by atoms with van der Waals surface area (Å²) < 4.78 is 32.6. The minimum atomic E-state index is -3.34. The number of likely N-dealkylation sites (N-methyl/N-ethyl adjacent to an activating group) is 1. The lowest BCUT2D eigenvalue weighted by Gasteiger charge is -2.29. The summed E-state index contributed by atoms with van der Waals surface area (Å²) >= 11 is 0. The van der Waals surface area contributed by atoms with Gasteiger partial charge >= 0.3 is 0 Å². The minimum absolute atomic E-state index is 0.364. The molecule has 3 heterocycles. The highest BCUT2D eigenvalue weighted by Gasteiger charge is 2.62. The predicted molar refractivity (Wildman–Crippen MR) is 86.7 cm³/mol. The normalized spacial score (nSPS) is 34.2. The molecule has 0 amide bonds. The first kappa shape index (κ1) is 15.4. The average molecular weight is 337 g/mol. The molecule has 126 valence electrons. The predicted octanol–water partition coefficient (Wildman–Crippen LogP) is 0.959. The number of aromatic nitrogens is 1. The van der Waals surface area contributed by atoms with Crippen LogP contribution in [0.25, 0.3) is 0 Å². The van der Waals surface area contributed by atoms with Crippen molar-refractivity contribution in [1.29, 1.82) is 0 Å². The van der Waals surface area contributed by atoms with Gasteiger partial charge in [-0.15, -0.1) is 0 Å². The van der Waals surface area contributed by atoms with E-state index in [2.05, 4.69) is 9.88 Å². The Bertz CT molecular complexity index is 677. The van der Waals surface area contributed by atoms with Gasteiger partial charge in [0.25, 0.3) is 0 Å². The molecule has 7 heteroatoms. The molecule has 0 bridgehead atoms. The molecule has 1 saturated carbocycles. The van der Waals surface area contributed by atoms with Crippen molar-refractivity contribution in [2.75, 3.05) is 33.2 Å². The van der Waals surface area contributed by atoms with Gasteiger partial charge in [-0.1, -0.05) is 6.07 Å². The number of ether oxygens (including phenoxy) is 1. The van der Waals surface area contributed by atoms with Crippen LogP contribution in [0.4, 0.5) is 0 Å². The summed E-state index contributed by atoms with van der Waals surface area (Å²) in [6.07, 6.45) is 4.51. The van der Waals surface area contributed by atoms with E-state index in [1.165, 1.54) is 17.1 Å². The van der Waals surface area contributed by atoms with E-state index >= 15 is 0 Å². The molecule has 1 aromatic rings. The van der Waals surface area contributed by atoms with Gasteiger partial charge in [0.1, 0.15) is 10.9 Å². The molecule has 1 aliphatic carbocycles. The molecule has 4 rings (SSSR count). The third-order valence-corrected chi connectivity index (χ3v) is 7.98. The maximum atomic E-state index is 13.0. The Hall–Kier alpha value is -1.18. The Morgan fingerprint density at radius 3 is 2.91 bits per heavy atom. The van der Waals surface area contributed by atoms with E-state index in [1.54, 1.807) is 19.3 Å². The summed E-state index contributed by atoms with van der Waals surface area (Å²) in [5.74, 6) is 1.27. The summed E-state index contributed by atoms with van der Waals surface area (Å²) in [6, 6.07) is 5.47. The molecular weight excluding hydrogens is 314 g/mol. The van der Waals surface area contributed by atoms with Crippen molar-refractivity contribution >= 4 is 10.0 Å². The number of nitrogens with zero attached hydrogens (tertiary/aromatic N) is 3. The van der Waals surface area contributed by atoms with E-state index in [4.69, 9.17) is 4.74 Å². The number of likely N-dealkylation sites (tertiary alicyclic amines) is 1. The molecule has 23 heavy (non-hydrogen) atoms. The summed E-state index contributed by atoms with van der Waals surface area (Å²) in [5, 5.41) is 0. The fourth-order valence-corrected chi connectivity index (χ4v) is 5.96. The molecule has 3 aliphatic rings. The summed E-state index contributed by atoms with van der Waals surface area (Å²) in [4.78, 5) is 6.51. The lowest BCUT2D eigenvalue weighted by molar-refractivity contribution is 0.148. The molecule has 0 N–H and O–H groups in total. The van der Waals surface area contributed by atoms with Crippen LogP contribution in [0.1, 0.15) is 19.3 Å². The number of pyridine rings is 1. The zero-order valence-corrected chi connectivity index (χ0v) is 14.2. The fourth-order valence-electron chi connectivity index (χ4n) is 3.86. The molecule has 2 atom stereocenters. The lowest BCUT2D eigenvalue weighted by atomic mass is 10.0. The standard InChI is InChI=1S/C16H23N3O3S/c1-18-11-14(22-15-4-2-3-8-17-15)16(23(18,20)21)7-9-19(12-16)10-13-5-6-13/h2-4,8,13-14H,5-7,9-12H2,1H3/t14-,16+/m0/s1. The largest absolute Gasteiger partial charge is 0.471 e. The Labute approximate surface area is 137 Å². The maximum Gasteiger partial charge on any atom is 0.224 e. The van der Waals surface area contributed by atoms with Crippen LogP contribution in [-0.2, 0) is 10.0 Å². The molecule has 1 spiro atoms. The van der Waals surface area contributed by atoms with Crippen molar-refractivity contribution in [1.82, 2.24) is 14.2 Å². The SMILES string of the molecule is CN1C[C@H](Oc2ccccn2)[C@]2(CCN(CC3CC3)C2)S1(=O)=O. The fraction of sp³-hybridized carbons (Fsp3) is 0.688. The molecule has 0 radical (unpaired) electrons. The number of hydrogen-bond donors (Lipinski definition) is 0. The number of hydrogen-bond acceptors (Lipinski definition) is 5. The molecule has 2 aliphatic heterocycles. The van der Waals surface area contributed by atoms with Gasteiger partial charge in [-0.25, -0.2) is 17.7 Å². The number of rotatable bonds is 4. The van der Waals surface area contributed by atoms with Crippen LogP contribution < -0.4 is 4.74 Å². The van der Waals surface area contributed by atoms with Crippen molar-refractivity contribution < 1.29 is 13.2 Å². The average Bonchev–Trinajstić information content (AvgIpc) is 3.20. The van der Waals surface area contributed by atoms with Gasteiger partial charge < -0.3 is 9.64 Å². The molecule has 6 nitrogen and oxygen atoms in total. The molecule has 3 fully saturated rings. The zero-order valence-electron chi connectivity index (χ0n) is 13.4. The van der Waals surface area contributed by atoms with Crippen LogP contribution in [-0.4, -0.2) is 66.7 Å². The van der Waals surface area contributed by atoms with E-state index in [9.17, 15) is 8.42 Å². The Morgan fingerprint density at radius 1 is 1.39 bits per heavy atom. The maximum absolute atomic E-state index is 13.0. The van der Waals surface area contributed by atoms with Gasteiger partial charge in [0, 0.05) is 32.4 Å². The van der Waals surface area contributed by atoms with Crippen LogP contribution in [0.3, 0.4) is 0 Å². The second-order valence-electron chi connectivity index (χ2n) is 7.05. The van der Waals surface area contributed by atoms with Gasteiger partial charge in [0.2, 0.25) is 15.9 Å². The highest BCUT2D eigenvalue weighted by molar-refractivity contribution is 7.90. The van der Waals surface area contributed by atoms with Crippen LogP contribution in [0.5, 0.6) is 5.88 Å². The summed E-state index contributed by atoms with van der Waals surface area (Å²) in [5.41, 5.74) is 0. The van der Waals surface area contributed by atoms with Gasteiger partial charge in [-0.3, -0.25) is 0 Å². The van der Waals surface area contributed by atoms with E-state index in [-0.39, 0.29) is 6.10 Å². The van der Waals surface area contributed by atoms with Crippen molar-refractivity contribution in [2.24, 2.45) is 5.92 Å². The minimum Gasteiger partial charge on any atom is -0.471 e. The quantitative estimate of drug-likeness (QED) is 0.819. The van der Waals surface area contributed by atoms with Gasteiger partial charge in [0.05, 0.1) is 6.54 Å². The Morgan fingerprint density at radius 2 is 2.22 bits per heavy atom. The first-order valence-electron chi connectivity index (χ1n) is 8.27. The van der Waals surface area contributed by atoms with Crippen molar-refractivity contribution in [3.63, 3.8) is 0 Å². The van der Waals surface area contributed by atoms with E-state index < -0.39 is 14.8 Å². The molecule has 0 aromatic carbocycles. The summed E-state index contributed by atoms with van der Waals surface area (Å²) in [7, 11) is -1.69. The van der Waals surface area contributed by atoms with Crippen LogP contribution >= 0.6 is 0 Å². The van der Waals surface area contributed by atoms with Crippen molar-refractivity contribution in [3.8, 4) is 5.88 Å². The van der Waals surface area contributed by atoms with Crippen LogP contribution in [0.15, 0.2) is 24.4 Å². The smallest absolute Gasteiger partial charge is 0.224 e. The second kappa shape index (κ2) is 5.43. The molecular formula is C16H23N3O3S. The first-order chi connectivity index (χ1) is 11.0. The molecule has 0 unspecified atom stereocenters. The summed E-state index contributed by atoms with van der Waals surface area (Å²) in [6.45, 7) is 2.84. The van der Waals surface area contributed by atoms with Gasteiger partial charge in [0.15, 0.2) is 0 Å². The van der Waals surface area contributed by atoms with Crippen molar-refractivity contribution in [2.45, 2.75) is 30.1 Å². The second-order valence-corrected chi connectivity index (χ2v) is 9.44. The topological polar surface area (TPSA) is 62.7 Å². The first-order valence-corrected chi connectivity index (χ1v) is 9.71. The van der Waals surface area contributed by atoms with Gasteiger partial charge in [-0.05, 0) is 37.8 Å². The third-order valence-electron chi connectivity index (χ3n) is 5.39. The van der Waals surface area contributed by atoms with Crippen molar-refractivity contribution in [3.05, 3.63) is 24.4 Å². The lowest BCUT2D eigenvalue weighted by Crippen LogP contribution is -2.50. The van der Waals surface area contributed by atoms with Gasteiger partial charge in [-0.2, -0.15) is 0 Å². The number of sulfonamides is 1. The Balaban J connectivity index is 1.60. The van der Waals surface area contributed by atoms with Crippen LogP contribution in [0, 0.1) is 5.92 Å². The van der Waals surface area contributed by atoms with E-state index in [0.717, 1.165) is 19.0 Å². The highest BCUT2D eigenvalue weighted by Crippen LogP contribution is 2.43. The monoisotopic (exact) mass is 337 g/mol. The van der Waals surface area contributed by atoms with E-state index in [1.807, 2.05) is 12.1 Å². The van der Waals surface area contributed by atoms with Crippen LogP contribution in [0.2, 0.25) is 0 Å².